The van der Waals surface area contributed by atoms with Gasteiger partial charge in [0, 0.05) is 11.5 Å². The van der Waals surface area contributed by atoms with E-state index in [9.17, 15) is 12.8 Å². The fourth-order valence-electron chi connectivity index (χ4n) is 1.41. The quantitative estimate of drug-likeness (QED) is 0.825. The summed E-state index contributed by atoms with van der Waals surface area (Å²) in [5.41, 5.74) is 0.00904. The van der Waals surface area contributed by atoms with Gasteiger partial charge < -0.3 is 5.11 Å². The van der Waals surface area contributed by atoms with Crippen LogP contribution in [0.2, 0.25) is 0 Å². The van der Waals surface area contributed by atoms with Crippen LogP contribution in [0.15, 0.2) is 23.1 Å². The molecule has 0 aliphatic heterocycles. The van der Waals surface area contributed by atoms with E-state index in [2.05, 4.69) is 25.9 Å². The molecule has 2 N–H and O–H groups in total. The molecule has 1 aromatic heterocycles. The molecule has 1 aromatic carbocycles. The Labute approximate surface area is 124 Å². The number of aliphatic hydroxyl groups excluding tert-OH is 1. The van der Waals surface area contributed by atoms with Gasteiger partial charge in [0.1, 0.15) is 18.2 Å². The molecule has 2 rings (SSSR count). The van der Waals surface area contributed by atoms with E-state index in [0.717, 1.165) is 17.6 Å². The van der Waals surface area contributed by atoms with Crippen molar-refractivity contribution in [2.45, 2.75) is 11.8 Å². The summed E-state index contributed by atoms with van der Waals surface area (Å²) in [5, 5.41) is 8.66. The number of aryl methyl sites for hydroxylation is 1. The van der Waals surface area contributed by atoms with Crippen molar-refractivity contribution in [1.82, 2.24) is 9.36 Å². The minimum absolute atomic E-state index is 0.00904. The van der Waals surface area contributed by atoms with Gasteiger partial charge >= 0.3 is 0 Å². The molecule has 0 radical (unpaired) electrons. The molecule has 9 heteroatoms. The number of aliphatic hydroxyl groups is 1. The van der Waals surface area contributed by atoms with Crippen LogP contribution in [0.4, 0.5) is 9.52 Å². The van der Waals surface area contributed by atoms with Crippen LogP contribution >= 0.6 is 11.5 Å². The van der Waals surface area contributed by atoms with Crippen LogP contribution in [-0.4, -0.2) is 29.5 Å². The van der Waals surface area contributed by atoms with Gasteiger partial charge in [0.05, 0.1) is 10.5 Å². The first kappa shape index (κ1) is 15.4. The molecule has 21 heavy (non-hydrogen) atoms. The van der Waals surface area contributed by atoms with Crippen LogP contribution in [0.25, 0.3) is 0 Å². The number of benzene rings is 1. The number of nitrogens with zero attached hydrogens (tertiary/aromatic N) is 2. The highest BCUT2D eigenvalue weighted by molar-refractivity contribution is 7.93. The van der Waals surface area contributed by atoms with Crippen molar-refractivity contribution in [3.63, 3.8) is 0 Å². The van der Waals surface area contributed by atoms with Crippen LogP contribution in [0.1, 0.15) is 11.4 Å². The molecule has 0 amide bonds. The number of sulfonamides is 1. The van der Waals surface area contributed by atoms with Gasteiger partial charge in [-0.3, -0.25) is 4.72 Å². The van der Waals surface area contributed by atoms with E-state index in [1.807, 2.05) is 0 Å². The number of anilines is 1. The Hall–Kier alpha value is -2.02. The summed E-state index contributed by atoms with van der Waals surface area (Å²) in [7, 11) is -3.94. The largest absolute Gasteiger partial charge is 0.384 e. The number of hydrogen-bond donors (Lipinski definition) is 2. The Morgan fingerprint density at radius 1 is 1.48 bits per heavy atom. The van der Waals surface area contributed by atoms with E-state index in [-0.39, 0.29) is 15.6 Å². The highest BCUT2D eigenvalue weighted by atomic mass is 32.2. The Balaban J connectivity index is 2.30. The van der Waals surface area contributed by atoms with Crippen molar-refractivity contribution in [2.24, 2.45) is 0 Å². The van der Waals surface area contributed by atoms with Crippen LogP contribution in [0, 0.1) is 24.6 Å². The zero-order chi connectivity index (χ0) is 15.5. The summed E-state index contributed by atoms with van der Waals surface area (Å²) in [6.07, 6.45) is 0. The van der Waals surface area contributed by atoms with Gasteiger partial charge in [-0.2, -0.15) is 4.37 Å². The summed E-state index contributed by atoms with van der Waals surface area (Å²) in [4.78, 5) is 3.63. The third-order valence-corrected chi connectivity index (χ3v) is 4.49. The number of halogens is 1. The van der Waals surface area contributed by atoms with Crippen molar-refractivity contribution < 1.29 is 17.9 Å². The van der Waals surface area contributed by atoms with Crippen LogP contribution in [0.3, 0.4) is 0 Å². The average molecular weight is 327 g/mol. The van der Waals surface area contributed by atoms with Crippen molar-refractivity contribution >= 4 is 26.7 Å². The molecular weight excluding hydrogens is 317 g/mol. The molecule has 0 aliphatic carbocycles. The number of rotatable bonds is 3. The predicted molar refractivity (Wildman–Crippen MR) is 75.8 cm³/mol. The molecule has 0 saturated carbocycles. The van der Waals surface area contributed by atoms with Crippen LogP contribution in [0.5, 0.6) is 0 Å². The minimum Gasteiger partial charge on any atom is -0.384 e. The minimum atomic E-state index is -3.94. The molecule has 0 unspecified atom stereocenters. The zero-order valence-electron chi connectivity index (χ0n) is 10.8. The second-order valence-electron chi connectivity index (χ2n) is 3.85. The molecule has 0 atom stereocenters. The van der Waals surface area contributed by atoms with E-state index in [1.165, 1.54) is 12.1 Å². The predicted octanol–water partition coefficient (Wildman–Crippen LogP) is 1.13. The second kappa shape index (κ2) is 6.17. The van der Waals surface area contributed by atoms with E-state index in [0.29, 0.717) is 5.82 Å². The SMILES string of the molecule is Cc1nsc(NS(=O)(=O)c2ccc(C#CCO)c(F)c2)n1. The second-order valence-corrected chi connectivity index (χ2v) is 6.29. The summed E-state index contributed by atoms with van der Waals surface area (Å²) >= 11 is 0.894. The molecule has 6 nitrogen and oxygen atoms in total. The van der Waals surface area contributed by atoms with Gasteiger partial charge in [0.2, 0.25) is 5.13 Å². The maximum absolute atomic E-state index is 13.7. The molecule has 0 aliphatic rings. The molecule has 0 bridgehead atoms. The van der Waals surface area contributed by atoms with Gasteiger partial charge in [0.15, 0.2) is 0 Å². The first-order chi connectivity index (χ1) is 9.92. The lowest BCUT2D eigenvalue weighted by Crippen LogP contribution is -2.13. The molecular formula is C12H10FN3O3S2. The summed E-state index contributed by atoms with van der Waals surface area (Å²) in [6, 6.07) is 3.32. The van der Waals surface area contributed by atoms with Crippen molar-refractivity contribution in [3.8, 4) is 11.8 Å². The number of aromatic nitrogens is 2. The molecule has 0 spiro atoms. The maximum atomic E-state index is 13.7. The van der Waals surface area contributed by atoms with E-state index in [4.69, 9.17) is 5.11 Å². The van der Waals surface area contributed by atoms with Gasteiger partial charge in [-0.25, -0.2) is 17.8 Å². The standard InChI is InChI=1S/C12H10FN3O3S2/c1-8-14-12(20-15-8)16-21(18,19)10-5-4-9(3-2-6-17)11(13)7-10/h4-5,7,17H,6H2,1H3,(H,14,15,16). The summed E-state index contributed by atoms with van der Waals surface area (Å²) in [5.74, 6) is 4.33. The third kappa shape index (κ3) is 3.75. The molecule has 110 valence electrons. The van der Waals surface area contributed by atoms with Gasteiger partial charge in [-0.1, -0.05) is 11.8 Å². The van der Waals surface area contributed by atoms with Gasteiger partial charge in [0.25, 0.3) is 10.0 Å². The average Bonchev–Trinajstić information content (AvgIpc) is 2.82. The lowest BCUT2D eigenvalue weighted by Gasteiger charge is -2.05. The molecule has 2 aromatic rings. The van der Waals surface area contributed by atoms with Gasteiger partial charge in [-0.15, -0.1) is 0 Å². The Morgan fingerprint density at radius 3 is 2.81 bits per heavy atom. The first-order valence-electron chi connectivity index (χ1n) is 5.65. The molecule has 0 fully saturated rings. The lowest BCUT2D eigenvalue weighted by molar-refractivity contribution is 0.350. The highest BCUT2D eigenvalue weighted by Crippen LogP contribution is 2.19. The maximum Gasteiger partial charge on any atom is 0.263 e. The molecule has 1 heterocycles. The van der Waals surface area contributed by atoms with Crippen molar-refractivity contribution in [2.75, 3.05) is 11.3 Å². The Bertz CT molecular complexity index is 822. The lowest BCUT2D eigenvalue weighted by atomic mass is 10.2. The summed E-state index contributed by atoms with van der Waals surface area (Å²) < 4.78 is 44.0. The normalized spacial score (nSPS) is 10.8. The monoisotopic (exact) mass is 327 g/mol. The van der Waals surface area contributed by atoms with Crippen molar-refractivity contribution in [3.05, 3.63) is 35.4 Å². The molecule has 0 saturated heterocycles. The van der Waals surface area contributed by atoms with Gasteiger partial charge in [-0.05, 0) is 25.1 Å². The van der Waals surface area contributed by atoms with Crippen LogP contribution < -0.4 is 4.72 Å². The van der Waals surface area contributed by atoms with Crippen LogP contribution in [-0.2, 0) is 10.0 Å². The third-order valence-electron chi connectivity index (χ3n) is 2.30. The fraction of sp³-hybridized carbons (Fsp3) is 0.167. The van der Waals surface area contributed by atoms with E-state index < -0.39 is 22.4 Å². The Kier molecular flexibility index (Phi) is 4.52. The summed E-state index contributed by atoms with van der Waals surface area (Å²) in [6.45, 7) is 1.22. The highest BCUT2D eigenvalue weighted by Gasteiger charge is 2.18. The fourth-order valence-corrected chi connectivity index (χ4v) is 3.22. The van der Waals surface area contributed by atoms with E-state index >= 15 is 0 Å². The zero-order valence-corrected chi connectivity index (χ0v) is 12.4. The Morgan fingerprint density at radius 2 is 2.24 bits per heavy atom. The van der Waals surface area contributed by atoms with E-state index in [1.54, 1.807) is 6.92 Å². The number of nitrogens with one attached hydrogen (secondary N) is 1. The first-order valence-corrected chi connectivity index (χ1v) is 7.90. The number of hydrogen-bond acceptors (Lipinski definition) is 6. The topological polar surface area (TPSA) is 92.2 Å². The van der Waals surface area contributed by atoms with Crippen molar-refractivity contribution in [1.29, 1.82) is 0 Å². The smallest absolute Gasteiger partial charge is 0.263 e.